The minimum absolute atomic E-state index is 0.467. The molecule has 0 unspecified atom stereocenters. The first-order valence-electron chi connectivity index (χ1n) is 8.39. The van der Waals surface area contributed by atoms with Crippen LogP contribution < -0.4 is 0 Å². The highest BCUT2D eigenvalue weighted by atomic mass is 32.9. The molecule has 0 radical (unpaired) electrons. The van der Waals surface area contributed by atoms with Gasteiger partial charge in [-0.15, -0.1) is 0 Å². The van der Waals surface area contributed by atoms with Gasteiger partial charge in [-0.2, -0.15) is 0 Å². The van der Waals surface area contributed by atoms with Gasteiger partial charge >= 0.3 is 0 Å². The molecule has 3 aromatic rings. The van der Waals surface area contributed by atoms with E-state index >= 15 is 0 Å². The van der Waals surface area contributed by atoms with Gasteiger partial charge in [-0.3, -0.25) is 0 Å². The summed E-state index contributed by atoms with van der Waals surface area (Å²) in [6, 6.07) is 30.5. The number of benzene rings is 3. The highest BCUT2D eigenvalue weighted by Gasteiger charge is 2.21. The topological polar surface area (TPSA) is 18.5 Å². The zero-order valence-electron chi connectivity index (χ0n) is 14.4. The van der Waals surface area contributed by atoms with Crippen LogP contribution in [0.2, 0.25) is 0 Å². The van der Waals surface area contributed by atoms with E-state index in [4.69, 9.17) is 20.9 Å². The van der Waals surface area contributed by atoms with Crippen LogP contribution in [-0.4, -0.2) is 0 Å². The molecule has 0 aromatic heterocycles. The summed E-state index contributed by atoms with van der Waals surface area (Å²) in [6.45, 7) is 0.934. The molecule has 3 aromatic carbocycles. The molecule has 0 saturated heterocycles. The Morgan fingerprint density at radius 2 is 1.00 bits per heavy atom. The van der Waals surface area contributed by atoms with E-state index in [0.29, 0.717) is 13.2 Å². The maximum absolute atomic E-state index is 6.13. The lowest BCUT2D eigenvalue weighted by Gasteiger charge is -2.22. The van der Waals surface area contributed by atoms with Gasteiger partial charge in [-0.1, -0.05) is 102 Å². The van der Waals surface area contributed by atoms with E-state index in [-0.39, 0.29) is 0 Å². The molecule has 0 aliphatic heterocycles. The molecule has 26 heavy (non-hydrogen) atoms. The fourth-order valence-electron chi connectivity index (χ4n) is 2.30. The lowest BCUT2D eigenvalue weighted by Crippen LogP contribution is -1.96. The van der Waals surface area contributed by atoms with Gasteiger partial charge in [0.05, 0.1) is 13.2 Å². The summed E-state index contributed by atoms with van der Waals surface area (Å²) < 4.78 is 12.3. The van der Waals surface area contributed by atoms with E-state index in [1.807, 2.05) is 78.9 Å². The van der Waals surface area contributed by atoms with E-state index in [9.17, 15) is 0 Å². The molecule has 0 atom stereocenters. The SMILES string of the molecule is S=P(OCc1ccccc1)(OCc1ccccc1)SCc1ccccc1. The minimum atomic E-state index is -2.47. The van der Waals surface area contributed by atoms with Crippen molar-refractivity contribution in [2.24, 2.45) is 0 Å². The average Bonchev–Trinajstić information content (AvgIpc) is 2.72. The molecule has 0 aliphatic carbocycles. The van der Waals surface area contributed by atoms with Crippen LogP contribution in [0.1, 0.15) is 16.7 Å². The zero-order chi connectivity index (χ0) is 18.1. The van der Waals surface area contributed by atoms with E-state index in [1.54, 1.807) is 11.4 Å². The van der Waals surface area contributed by atoms with Crippen molar-refractivity contribution < 1.29 is 9.05 Å². The number of hydrogen-bond donors (Lipinski definition) is 0. The van der Waals surface area contributed by atoms with Crippen molar-refractivity contribution in [1.82, 2.24) is 0 Å². The van der Waals surface area contributed by atoms with Crippen LogP contribution in [0.4, 0.5) is 0 Å². The molecule has 3 rings (SSSR count). The second-order valence-corrected chi connectivity index (χ2v) is 12.0. The van der Waals surface area contributed by atoms with Gasteiger partial charge in [0.2, 0.25) is 5.69 Å². The van der Waals surface area contributed by atoms with E-state index < -0.39 is 5.69 Å². The summed E-state index contributed by atoms with van der Waals surface area (Å²) in [4.78, 5) is 0. The summed E-state index contributed by atoms with van der Waals surface area (Å²) in [5, 5.41) is 0. The monoisotopic (exact) mass is 400 g/mol. The third kappa shape index (κ3) is 6.39. The number of rotatable bonds is 9. The molecule has 0 saturated carbocycles. The summed E-state index contributed by atoms with van der Waals surface area (Å²) in [5.41, 5.74) is 0.959. The summed E-state index contributed by atoms with van der Waals surface area (Å²) in [7, 11) is 0. The fourth-order valence-corrected chi connectivity index (χ4v) is 6.11. The quantitative estimate of drug-likeness (QED) is 0.378. The predicted molar refractivity (Wildman–Crippen MR) is 114 cm³/mol. The second kappa shape index (κ2) is 10.1. The molecule has 5 heteroatoms. The van der Waals surface area contributed by atoms with Crippen LogP contribution in [0.3, 0.4) is 0 Å². The minimum Gasteiger partial charge on any atom is -0.317 e. The van der Waals surface area contributed by atoms with Crippen molar-refractivity contribution in [3.8, 4) is 0 Å². The molecule has 0 heterocycles. The standard InChI is InChI=1S/C21H21O2PS2/c25-24(22-16-19-10-4-1-5-11-19,23-17-20-12-6-2-7-13-20)26-18-21-14-8-3-9-15-21/h1-15H,16-18H2. The normalized spacial score (nSPS) is 11.4. The first-order valence-corrected chi connectivity index (χ1v) is 12.6. The molecule has 0 aliphatic rings. The Hall–Kier alpha value is -1.42. The molecular formula is C21H21O2PS2. The molecule has 0 N–H and O–H groups in total. The van der Waals surface area contributed by atoms with E-state index in [0.717, 1.165) is 16.9 Å². The molecule has 0 fully saturated rings. The first-order chi connectivity index (χ1) is 12.7. The van der Waals surface area contributed by atoms with Crippen LogP contribution in [0.25, 0.3) is 0 Å². The van der Waals surface area contributed by atoms with Gasteiger partial charge in [-0.25, -0.2) is 0 Å². The molecule has 0 spiro atoms. The lowest BCUT2D eigenvalue weighted by molar-refractivity contribution is 0.246. The smallest absolute Gasteiger partial charge is 0.248 e. The van der Waals surface area contributed by atoms with Crippen molar-refractivity contribution in [3.63, 3.8) is 0 Å². The Bertz CT molecular complexity index is 713. The van der Waals surface area contributed by atoms with Crippen LogP contribution in [0.5, 0.6) is 0 Å². The fraction of sp³-hybridized carbons (Fsp3) is 0.143. The lowest BCUT2D eigenvalue weighted by atomic mass is 10.2. The zero-order valence-corrected chi connectivity index (χ0v) is 16.9. The predicted octanol–water partition coefficient (Wildman–Crippen LogP) is 6.58. The summed E-state index contributed by atoms with van der Waals surface area (Å²) in [5.74, 6) is 0.779. The second-order valence-electron chi connectivity index (χ2n) is 5.72. The van der Waals surface area contributed by atoms with Crippen molar-refractivity contribution in [1.29, 1.82) is 0 Å². The van der Waals surface area contributed by atoms with E-state index in [1.165, 1.54) is 5.56 Å². The van der Waals surface area contributed by atoms with Crippen LogP contribution in [-0.2, 0) is 39.8 Å². The van der Waals surface area contributed by atoms with Crippen molar-refractivity contribution in [3.05, 3.63) is 108 Å². The Morgan fingerprint density at radius 1 is 0.615 bits per heavy atom. The van der Waals surface area contributed by atoms with Gasteiger partial charge in [0.1, 0.15) is 0 Å². The Kier molecular flexibility index (Phi) is 7.48. The van der Waals surface area contributed by atoms with Gasteiger partial charge in [0.15, 0.2) is 0 Å². The van der Waals surface area contributed by atoms with Crippen molar-refractivity contribution in [2.45, 2.75) is 19.0 Å². The van der Waals surface area contributed by atoms with Gasteiger partial charge in [-0.05, 0) is 28.5 Å². The molecule has 0 bridgehead atoms. The van der Waals surface area contributed by atoms with Crippen molar-refractivity contribution in [2.75, 3.05) is 0 Å². The summed E-state index contributed by atoms with van der Waals surface area (Å²) in [6.07, 6.45) is 0. The largest absolute Gasteiger partial charge is 0.317 e. The molecule has 2 nitrogen and oxygen atoms in total. The van der Waals surface area contributed by atoms with Gasteiger partial charge < -0.3 is 9.05 Å². The molecule has 134 valence electrons. The van der Waals surface area contributed by atoms with E-state index in [2.05, 4.69) is 12.1 Å². The third-order valence-corrected chi connectivity index (χ3v) is 8.92. The van der Waals surface area contributed by atoms with Crippen LogP contribution in [0, 0.1) is 0 Å². The highest BCUT2D eigenvalue weighted by molar-refractivity contribution is 8.67. The van der Waals surface area contributed by atoms with Crippen molar-refractivity contribution >= 4 is 28.9 Å². The number of hydrogen-bond acceptors (Lipinski definition) is 4. The van der Waals surface area contributed by atoms with Gasteiger partial charge in [0.25, 0.3) is 0 Å². The average molecular weight is 401 g/mol. The maximum atomic E-state index is 6.13. The van der Waals surface area contributed by atoms with Crippen LogP contribution in [0.15, 0.2) is 91.0 Å². The van der Waals surface area contributed by atoms with Gasteiger partial charge in [0, 0.05) is 5.75 Å². The Labute approximate surface area is 164 Å². The highest BCUT2D eigenvalue weighted by Crippen LogP contribution is 2.63. The molecule has 0 amide bonds. The third-order valence-electron chi connectivity index (χ3n) is 3.70. The Morgan fingerprint density at radius 3 is 1.42 bits per heavy atom. The first kappa shape index (κ1) is 19.3. The summed E-state index contributed by atoms with van der Waals surface area (Å²) >= 11 is 7.43. The molecular weight excluding hydrogens is 379 g/mol. The van der Waals surface area contributed by atoms with Crippen LogP contribution >= 0.6 is 17.1 Å². The Balaban J connectivity index is 1.65. The maximum Gasteiger partial charge on any atom is 0.248 e.